The molecule has 0 unspecified atom stereocenters. The number of rotatable bonds is 2. The second-order valence-electron chi connectivity index (χ2n) is 2.61. The fourth-order valence-corrected chi connectivity index (χ4v) is 0.946. The van der Waals surface area contributed by atoms with Crippen LogP contribution in [0.15, 0.2) is 31.0 Å². The first-order chi connectivity index (χ1) is 6.86. The minimum Gasteiger partial charge on any atom is -0.442 e. The Morgan fingerprint density at radius 3 is 3.14 bits per heavy atom. The van der Waals surface area contributed by atoms with Crippen LogP contribution in [-0.2, 0) is 11.3 Å². The number of imidazole rings is 1. The topological polar surface area (TPSA) is 72.8 Å². The first-order valence-corrected chi connectivity index (χ1v) is 3.99. The number of carbonyl (C=O) groups is 1. The summed E-state index contributed by atoms with van der Waals surface area (Å²) in [6, 6.07) is 1.74. The molecule has 6 heteroatoms. The van der Waals surface area contributed by atoms with Gasteiger partial charge in [-0.25, -0.2) is 14.3 Å². The predicted octanol–water partition coefficient (Wildman–Crippen LogP) is 0.791. The lowest BCUT2D eigenvalue weighted by atomic mass is 10.5. The normalized spacial score (nSPS) is 10.0. The summed E-state index contributed by atoms with van der Waals surface area (Å²) in [6.07, 6.45) is 5.56. The number of ether oxygens (including phenoxy) is 1. The summed E-state index contributed by atoms with van der Waals surface area (Å²) >= 11 is 0. The van der Waals surface area contributed by atoms with Gasteiger partial charge in [0.2, 0.25) is 0 Å². The summed E-state index contributed by atoms with van der Waals surface area (Å²) < 4.78 is 6.20. The van der Waals surface area contributed by atoms with Crippen LogP contribution in [0.2, 0.25) is 0 Å². The maximum atomic E-state index is 11.3. The van der Waals surface area contributed by atoms with Crippen LogP contribution in [0.4, 0.5) is 4.79 Å². The lowest BCUT2D eigenvalue weighted by Crippen LogP contribution is -2.11. The van der Waals surface area contributed by atoms with Crippen LogP contribution in [0.1, 0.15) is 5.69 Å². The van der Waals surface area contributed by atoms with E-state index in [2.05, 4.69) is 15.2 Å². The zero-order valence-electron chi connectivity index (χ0n) is 7.25. The number of carbonyl (C=O) groups excluding carboxylic acids is 1. The van der Waals surface area contributed by atoms with E-state index in [0.29, 0.717) is 0 Å². The Hall–Kier alpha value is -2.11. The van der Waals surface area contributed by atoms with Gasteiger partial charge in [0.1, 0.15) is 12.9 Å². The molecular weight excluding hydrogens is 184 g/mol. The van der Waals surface area contributed by atoms with Gasteiger partial charge in [-0.2, -0.15) is 5.10 Å². The van der Waals surface area contributed by atoms with Crippen LogP contribution in [-0.4, -0.2) is 25.8 Å². The Labute approximate surface area is 79.5 Å². The molecule has 0 atom stereocenters. The maximum absolute atomic E-state index is 11.3. The summed E-state index contributed by atoms with van der Waals surface area (Å²) in [5.74, 6) is 0. The van der Waals surface area contributed by atoms with Crippen molar-refractivity contribution in [3.05, 3.63) is 36.7 Å². The largest absolute Gasteiger partial charge is 0.442 e. The van der Waals surface area contributed by atoms with E-state index >= 15 is 0 Å². The summed E-state index contributed by atoms with van der Waals surface area (Å²) in [5.41, 5.74) is 0.749. The van der Waals surface area contributed by atoms with E-state index in [1.165, 1.54) is 23.3 Å². The highest BCUT2D eigenvalue weighted by Crippen LogP contribution is 1.97. The van der Waals surface area contributed by atoms with Crippen LogP contribution in [0, 0.1) is 0 Å². The fraction of sp³-hybridized carbons (Fsp3) is 0.125. The minimum atomic E-state index is -0.461. The van der Waals surface area contributed by atoms with Crippen molar-refractivity contribution in [2.75, 3.05) is 0 Å². The molecule has 0 saturated heterocycles. The first-order valence-electron chi connectivity index (χ1n) is 3.99. The van der Waals surface area contributed by atoms with Gasteiger partial charge in [-0.3, -0.25) is 5.10 Å². The number of hydrogen-bond acceptors (Lipinski definition) is 4. The molecule has 0 amide bonds. The van der Waals surface area contributed by atoms with Crippen LogP contribution in [0.5, 0.6) is 0 Å². The molecule has 0 spiro atoms. The zero-order chi connectivity index (χ0) is 9.80. The maximum Gasteiger partial charge on any atom is 0.419 e. The van der Waals surface area contributed by atoms with Crippen LogP contribution in [0.25, 0.3) is 0 Å². The van der Waals surface area contributed by atoms with Crippen molar-refractivity contribution in [3.8, 4) is 0 Å². The molecule has 0 aliphatic heterocycles. The second-order valence-corrected chi connectivity index (χ2v) is 2.61. The fourth-order valence-electron chi connectivity index (χ4n) is 0.946. The number of nitrogens with zero attached hydrogens (tertiary/aromatic N) is 3. The molecule has 0 aromatic carbocycles. The highest BCUT2D eigenvalue weighted by Gasteiger charge is 2.04. The van der Waals surface area contributed by atoms with Crippen molar-refractivity contribution < 1.29 is 9.53 Å². The van der Waals surface area contributed by atoms with Gasteiger partial charge in [-0.1, -0.05) is 0 Å². The molecule has 0 aliphatic rings. The molecule has 0 radical (unpaired) electrons. The van der Waals surface area contributed by atoms with E-state index < -0.39 is 6.09 Å². The highest BCUT2D eigenvalue weighted by molar-refractivity contribution is 5.69. The average molecular weight is 192 g/mol. The third-order valence-electron chi connectivity index (χ3n) is 1.62. The average Bonchev–Trinajstić information content (AvgIpc) is 2.87. The molecule has 14 heavy (non-hydrogen) atoms. The number of aromatic nitrogens is 4. The Bertz CT molecular complexity index is 393. The molecule has 2 aromatic rings. The van der Waals surface area contributed by atoms with Gasteiger partial charge in [0.25, 0.3) is 0 Å². The van der Waals surface area contributed by atoms with Gasteiger partial charge in [0, 0.05) is 18.6 Å². The number of hydrogen-bond donors (Lipinski definition) is 1. The second kappa shape index (κ2) is 3.73. The summed E-state index contributed by atoms with van der Waals surface area (Å²) in [5, 5.41) is 6.41. The summed E-state index contributed by atoms with van der Waals surface area (Å²) in [4.78, 5) is 15.0. The van der Waals surface area contributed by atoms with Crippen molar-refractivity contribution in [3.63, 3.8) is 0 Å². The van der Waals surface area contributed by atoms with Crippen LogP contribution in [0.3, 0.4) is 0 Å². The van der Waals surface area contributed by atoms with Gasteiger partial charge in [-0.05, 0) is 6.07 Å². The molecule has 0 saturated carbocycles. The smallest absolute Gasteiger partial charge is 0.419 e. The van der Waals surface area contributed by atoms with Gasteiger partial charge >= 0.3 is 6.09 Å². The van der Waals surface area contributed by atoms with Gasteiger partial charge in [-0.15, -0.1) is 0 Å². The van der Waals surface area contributed by atoms with Gasteiger partial charge in [0.15, 0.2) is 0 Å². The third kappa shape index (κ3) is 1.79. The SMILES string of the molecule is O=C(OCc1ccn[nH]1)n1ccnc1. The summed E-state index contributed by atoms with van der Waals surface area (Å²) in [6.45, 7) is 0.178. The van der Waals surface area contributed by atoms with Crippen molar-refractivity contribution in [2.24, 2.45) is 0 Å². The molecule has 2 rings (SSSR count). The molecule has 2 aromatic heterocycles. The number of H-pyrrole nitrogens is 1. The van der Waals surface area contributed by atoms with Gasteiger partial charge < -0.3 is 4.74 Å². The Balaban J connectivity index is 1.90. The monoisotopic (exact) mass is 192 g/mol. The van der Waals surface area contributed by atoms with E-state index in [9.17, 15) is 4.79 Å². The van der Waals surface area contributed by atoms with Crippen molar-refractivity contribution in [2.45, 2.75) is 6.61 Å². The third-order valence-corrected chi connectivity index (χ3v) is 1.62. The van der Waals surface area contributed by atoms with Crippen LogP contribution >= 0.6 is 0 Å². The number of aromatic amines is 1. The Morgan fingerprint density at radius 2 is 2.50 bits per heavy atom. The van der Waals surface area contributed by atoms with E-state index in [1.54, 1.807) is 12.3 Å². The Kier molecular flexibility index (Phi) is 2.26. The van der Waals surface area contributed by atoms with Crippen molar-refractivity contribution >= 4 is 6.09 Å². The zero-order valence-corrected chi connectivity index (χ0v) is 7.25. The first kappa shape index (κ1) is 8.49. The predicted molar refractivity (Wildman–Crippen MR) is 46.4 cm³/mol. The quantitative estimate of drug-likeness (QED) is 0.763. The van der Waals surface area contributed by atoms with E-state index in [0.717, 1.165) is 5.69 Å². The van der Waals surface area contributed by atoms with Crippen molar-refractivity contribution in [1.82, 2.24) is 19.7 Å². The van der Waals surface area contributed by atoms with E-state index in [1.807, 2.05) is 0 Å². The molecule has 2 heterocycles. The lowest BCUT2D eigenvalue weighted by molar-refractivity contribution is 0.140. The van der Waals surface area contributed by atoms with E-state index in [-0.39, 0.29) is 6.61 Å². The molecule has 0 fully saturated rings. The molecular formula is C8H8N4O2. The number of nitrogens with one attached hydrogen (secondary N) is 1. The molecule has 0 bridgehead atoms. The van der Waals surface area contributed by atoms with Crippen LogP contribution < -0.4 is 0 Å². The lowest BCUT2D eigenvalue weighted by Gasteiger charge is -2.01. The standard InChI is InChI=1S/C8H8N4O2/c13-8(12-4-3-9-6-12)14-5-7-1-2-10-11-7/h1-4,6H,5H2,(H,10,11). The molecule has 1 N–H and O–H groups in total. The van der Waals surface area contributed by atoms with E-state index in [4.69, 9.17) is 4.74 Å². The molecule has 72 valence electrons. The highest BCUT2D eigenvalue weighted by atomic mass is 16.5. The summed E-state index contributed by atoms with van der Waals surface area (Å²) in [7, 11) is 0. The minimum absolute atomic E-state index is 0.178. The Morgan fingerprint density at radius 1 is 1.57 bits per heavy atom. The molecule has 6 nitrogen and oxygen atoms in total. The van der Waals surface area contributed by atoms with Crippen molar-refractivity contribution in [1.29, 1.82) is 0 Å². The van der Waals surface area contributed by atoms with Gasteiger partial charge in [0.05, 0.1) is 5.69 Å². The molecule has 0 aliphatic carbocycles.